The lowest BCUT2D eigenvalue weighted by molar-refractivity contribution is -0.142. The van der Waals surface area contributed by atoms with Crippen molar-refractivity contribution in [1.82, 2.24) is 9.88 Å². The first-order valence-electron chi connectivity index (χ1n) is 5.93. The second kappa shape index (κ2) is 4.76. The molecule has 96 valence electrons. The van der Waals surface area contributed by atoms with Gasteiger partial charge < -0.3 is 10.0 Å². The summed E-state index contributed by atoms with van der Waals surface area (Å²) >= 11 is 0. The highest BCUT2D eigenvalue weighted by atomic mass is 16.4. The van der Waals surface area contributed by atoms with E-state index in [1.807, 2.05) is 13.8 Å². The monoisotopic (exact) mass is 248 g/mol. The number of rotatable bonds is 2. The average Bonchev–Trinajstić information content (AvgIpc) is 2.70. The van der Waals surface area contributed by atoms with Gasteiger partial charge in [0, 0.05) is 30.5 Å². The van der Waals surface area contributed by atoms with Crippen LogP contribution >= 0.6 is 0 Å². The van der Waals surface area contributed by atoms with Crippen LogP contribution in [0.4, 0.5) is 0 Å². The SMILES string of the molecule is Cc1cc(C(=O)N2C[C@@H](C)[C@H](C(=O)O)C2)ccn1. The molecule has 1 aromatic rings. The first-order valence-corrected chi connectivity index (χ1v) is 5.93. The molecule has 1 fully saturated rings. The Bertz CT molecular complexity index is 487. The number of likely N-dealkylation sites (tertiary alicyclic amines) is 1. The molecule has 5 heteroatoms. The lowest BCUT2D eigenvalue weighted by Gasteiger charge is -2.15. The highest BCUT2D eigenvalue weighted by molar-refractivity contribution is 5.94. The number of amides is 1. The molecule has 0 radical (unpaired) electrons. The van der Waals surface area contributed by atoms with Crippen LogP contribution in [0, 0.1) is 18.8 Å². The summed E-state index contributed by atoms with van der Waals surface area (Å²) in [5.41, 5.74) is 1.35. The highest BCUT2D eigenvalue weighted by Gasteiger charge is 2.37. The zero-order valence-electron chi connectivity index (χ0n) is 10.5. The number of carbonyl (C=O) groups excluding carboxylic acids is 1. The van der Waals surface area contributed by atoms with Gasteiger partial charge in [-0.3, -0.25) is 14.6 Å². The van der Waals surface area contributed by atoms with Crippen molar-refractivity contribution < 1.29 is 14.7 Å². The van der Waals surface area contributed by atoms with Crippen molar-refractivity contribution in [1.29, 1.82) is 0 Å². The van der Waals surface area contributed by atoms with Gasteiger partial charge in [-0.05, 0) is 25.0 Å². The summed E-state index contributed by atoms with van der Waals surface area (Å²) in [5, 5.41) is 9.05. The van der Waals surface area contributed by atoms with Crippen molar-refractivity contribution in [3.63, 3.8) is 0 Å². The standard InChI is InChI=1S/C13H16N2O3/c1-8-6-15(7-11(8)13(17)18)12(16)10-3-4-14-9(2)5-10/h3-5,8,11H,6-7H2,1-2H3,(H,17,18)/t8-,11-/m1/s1. The molecule has 1 N–H and O–H groups in total. The molecule has 1 saturated heterocycles. The zero-order valence-corrected chi connectivity index (χ0v) is 10.5. The lowest BCUT2D eigenvalue weighted by Crippen LogP contribution is -2.30. The molecule has 0 bridgehead atoms. The van der Waals surface area contributed by atoms with Crippen molar-refractivity contribution in [2.45, 2.75) is 13.8 Å². The number of hydrogen-bond donors (Lipinski definition) is 1. The number of carboxylic acids is 1. The minimum absolute atomic E-state index is 0.00520. The second-order valence-corrected chi connectivity index (χ2v) is 4.82. The van der Waals surface area contributed by atoms with Crippen molar-refractivity contribution in [3.8, 4) is 0 Å². The van der Waals surface area contributed by atoms with Gasteiger partial charge in [0.05, 0.1) is 5.92 Å². The Morgan fingerprint density at radius 2 is 2.17 bits per heavy atom. The van der Waals surface area contributed by atoms with Crippen LogP contribution in [0.15, 0.2) is 18.3 Å². The van der Waals surface area contributed by atoms with Gasteiger partial charge >= 0.3 is 5.97 Å². The number of nitrogens with zero attached hydrogens (tertiary/aromatic N) is 2. The van der Waals surface area contributed by atoms with E-state index in [1.165, 1.54) is 0 Å². The fourth-order valence-electron chi connectivity index (χ4n) is 2.32. The Hall–Kier alpha value is -1.91. The van der Waals surface area contributed by atoms with Crippen molar-refractivity contribution in [3.05, 3.63) is 29.6 Å². The Morgan fingerprint density at radius 3 is 2.72 bits per heavy atom. The summed E-state index contributed by atoms with van der Waals surface area (Å²) in [6.07, 6.45) is 1.59. The molecule has 2 atom stereocenters. The van der Waals surface area contributed by atoms with E-state index < -0.39 is 11.9 Å². The number of aliphatic carboxylic acids is 1. The van der Waals surface area contributed by atoms with Crippen LogP contribution in [0.1, 0.15) is 23.0 Å². The van der Waals surface area contributed by atoms with Gasteiger partial charge in [0.1, 0.15) is 0 Å². The molecule has 1 amide bonds. The van der Waals surface area contributed by atoms with Gasteiger partial charge in [0.2, 0.25) is 0 Å². The minimum atomic E-state index is -0.830. The van der Waals surface area contributed by atoms with Crippen LogP contribution < -0.4 is 0 Å². The van der Waals surface area contributed by atoms with Crippen LogP contribution in [-0.4, -0.2) is 40.0 Å². The van der Waals surface area contributed by atoms with E-state index in [4.69, 9.17) is 5.11 Å². The molecule has 0 aromatic carbocycles. The molecule has 1 aliphatic heterocycles. The Kier molecular flexibility index (Phi) is 3.32. The van der Waals surface area contributed by atoms with E-state index in [1.54, 1.807) is 23.2 Å². The Balaban J connectivity index is 2.14. The predicted molar refractivity (Wildman–Crippen MR) is 65.2 cm³/mol. The number of aromatic nitrogens is 1. The van der Waals surface area contributed by atoms with Gasteiger partial charge in [-0.1, -0.05) is 6.92 Å². The first kappa shape index (κ1) is 12.5. The van der Waals surface area contributed by atoms with Crippen molar-refractivity contribution in [2.24, 2.45) is 11.8 Å². The maximum atomic E-state index is 12.2. The van der Waals surface area contributed by atoms with Crippen LogP contribution in [0.3, 0.4) is 0 Å². The largest absolute Gasteiger partial charge is 0.481 e. The molecule has 0 unspecified atom stereocenters. The molecule has 1 aromatic heterocycles. The quantitative estimate of drug-likeness (QED) is 0.853. The van der Waals surface area contributed by atoms with E-state index in [0.717, 1.165) is 5.69 Å². The third kappa shape index (κ3) is 2.34. The second-order valence-electron chi connectivity index (χ2n) is 4.82. The minimum Gasteiger partial charge on any atom is -0.481 e. The van der Waals surface area contributed by atoms with Gasteiger partial charge in [-0.2, -0.15) is 0 Å². The van der Waals surface area contributed by atoms with E-state index >= 15 is 0 Å². The van der Waals surface area contributed by atoms with Crippen molar-refractivity contribution >= 4 is 11.9 Å². The molecule has 18 heavy (non-hydrogen) atoms. The maximum absolute atomic E-state index is 12.2. The summed E-state index contributed by atoms with van der Waals surface area (Å²) in [7, 11) is 0. The van der Waals surface area contributed by atoms with Gasteiger partial charge in [0.15, 0.2) is 0 Å². The number of pyridine rings is 1. The van der Waals surface area contributed by atoms with Crippen LogP contribution in [-0.2, 0) is 4.79 Å². The summed E-state index contributed by atoms with van der Waals surface area (Å²) in [6, 6.07) is 3.38. The lowest BCUT2D eigenvalue weighted by atomic mass is 9.99. The molecule has 1 aliphatic rings. The average molecular weight is 248 g/mol. The number of aryl methyl sites for hydroxylation is 1. The molecule has 0 spiro atoms. The van der Waals surface area contributed by atoms with E-state index in [-0.39, 0.29) is 18.4 Å². The summed E-state index contributed by atoms with van der Waals surface area (Å²) in [4.78, 5) is 28.9. The Morgan fingerprint density at radius 1 is 1.44 bits per heavy atom. The van der Waals surface area contributed by atoms with Crippen LogP contribution in [0.2, 0.25) is 0 Å². The van der Waals surface area contributed by atoms with E-state index in [9.17, 15) is 9.59 Å². The summed E-state index contributed by atoms with van der Waals surface area (Å²) < 4.78 is 0. The predicted octanol–water partition coefficient (Wildman–Crippen LogP) is 1.18. The van der Waals surface area contributed by atoms with Gasteiger partial charge in [-0.25, -0.2) is 0 Å². The molecule has 0 saturated carbocycles. The molecular weight excluding hydrogens is 232 g/mol. The summed E-state index contributed by atoms with van der Waals surface area (Å²) in [5.74, 6) is -1.41. The van der Waals surface area contributed by atoms with Crippen LogP contribution in [0.25, 0.3) is 0 Å². The third-order valence-corrected chi connectivity index (χ3v) is 3.36. The van der Waals surface area contributed by atoms with E-state index in [0.29, 0.717) is 12.1 Å². The van der Waals surface area contributed by atoms with Gasteiger partial charge in [-0.15, -0.1) is 0 Å². The molecule has 2 heterocycles. The van der Waals surface area contributed by atoms with Gasteiger partial charge in [0.25, 0.3) is 5.91 Å². The zero-order chi connectivity index (χ0) is 13.3. The smallest absolute Gasteiger partial charge is 0.308 e. The number of carbonyl (C=O) groups is 2. The third-order valence-electron chi connectivity index (χ3n) is 3.36. The first-order chi connectivity index (χ1) is 8.49. The number of carboxylic acid groups (broad SMARTS) is 1. The summed E-state index contributed by atoms with van der Waals surface area (Å²) in [6.45, 7) is 4.47. The Labute approximate surface area is 105 Å². The molecule has 0 aliphatic carbocycles. The van der Waals surface area contributed by atoms with E-state index in [2.05, 4.69) is 4.98 Å². The van der Waals surface area contributed by atoms with Crippen LogP contribution in [0.5, 0.6) is 0 Å². The molecule has 2 rings (SSSR count). The normalized spacial score (nSPS) is 23.1. The molecule has 5 nitrogen and oxygen atoms in total. The fraction of sp³-hybridized carbons (Fsp3) is 0.462. The number of hydrogen-bond acceptors (Lipinski definition) is 3. The fourth-order valence-corrected chi connectivity index (χ4v) is 2.32. The highest BCUT2D eigenvalue weighted by Crippen LogP contribution is 2.24. The molecular formula is C13H16N2O3. The topological polar surface area (TPSA) is 70.5 Å². The maximum Gasteiger partial charge on any atom is 0.308 e. The van der Waals surface area contributed by atoms with Crippen molar-refractivity contribution in [2.75, 3.05) is 13.1 Å².